The highest BCUT2D eigenvalue weighted by atomic mass is 19.1. The topological polar surface area (TPSA) is 47.2 Å². The van der Waals surface area contributed by atoms with Crippen molar-refractivity contribution in [3.63, 3.8) is 0 Å². The van der Waals surface area contributed by atoms with Gasteiger partial charge in [0.1, 0.15) is 5.82 Å². The molecule has 2 heterocycles. The fourth-order valence-corrected chi connectivity index (χ4v) is 3.03. The highest BCUT2D eigenvalue weighted by Gasteiger charge is 2.18. The quantitative estimate of drug-likeness (QED) is 0.884. The molecule has 1 fully saturated rings. The molecule has 0 aliphatic carbocycles. The Hall–Kier alpha value is -1.92. The zero-order valence-corrected chi connectivity index (χ0v) is 14.6. The maximum atomic E-state index is 14.6. The van der Waals surface area contributed by atoms with Gasteiger partial charge in [-0.05, 0) is 38.6 Å². The van der Waals surface area contributed by atoms with Crippen LogP contribution in [0.25, 0.3) is 0 Å². The number of rotatable bonds is 5. The van der Waals surface area contributed by atoms with Gasteiger partial charge in [0, 0.05) is 50.0 Å². The Morgan fingerprint density at radius 2 is 2.04 bits per heavy atom. The van der Waals surface area contributed by atoms with Crippen LogP contribution in [0.2, 0.25) is 0 Å². The van der Waals surface area contributed by atoms with E-state index in [-0.39, 0.29) is 11.9 Å². The van der Waals surface area contributed by atoms with E-state index in [0.717, 1.165) is 43.0 Å². The summed E-state index contributed by atoms with van der Waals surface area (Å²) in [4.78, 5) is 4.40. The number of hydrogen-bond donors (Lipinski definition) is 2. The van der Waals surface area contributed by atoms with Gasteiger partial charge in [-0.3, -0.25) is 5.10 Å². The molecule has 1 aromatic carbocycles. The van der Waals surface area contributed by atoms with Gasteiger partial charge in [-0.1, -0.05) is 6.07 Å². The van der Waals surface area contributed by atoms with Crippen LogP contribution in [0.4, 0.5) is 10.1 Å². The summed E-state index contributed by atoms with van der Waals surface area (Å²) in [6.45, 7) is 8.47. The Bertz CT molecular complexity index is 676. The SMILES string of the molecule is Cc1[nH]ncc1CN[C@@H](C)c1ccc(N2CCN(C)CC2)c(F)c1. The van der Waals surface area contributed by atoms with E-state index in [0.29, 0.717) is 12.2 Å². The van der Waals surface area contributed by atoms with Crippen LogP contribution in [-0.2, 0) is 6.54 Å². The fraction of sp³-hybridized carbons (Fsp3) is 0.500. The van der Waals surface area contributed by atoms with Crippen molar-refractivity contribution in [2.24, 2.45) is 0 Å². The molecule has 2 N–H and O–H groups in total. The number of halogens is 1. The predicted molar refractivity (Wildman–Crippen MR) is 94.7 cm³/mol. The van der Waals surface area contributed by atoms with Gasteiger partial charge in [0.05, 0.1) is 11.9 Å². The lowest BCUT2D eigenvalue weighted by Crippen LogP contribution is -2.44. The third-order valence-electron chi connectivity index (χ3n) is 4.85. The first-order chi connectivity index (χ1) is 11.5. The zero-order chi connectivity index (χ0) is 17.1. The summed E-state index contributed by atoms with van der Waals surface area (Å²) in [6, 6.07) is 5.68. The lowest BCUT2D eigenvalue weighted by atomic mass is 10.1. The summed E-state index contributed by atoms with van der Waals surface area (Å²) in [6.07, 6.45) is 1.83. The molecule has 1 aliphatic rings. The number of aromatic amines is 1. The molecular formula is C18H26FN5. The monoisotopic (exact) mass is 331 g/mol. The Morgan fingerprint density at radius 1 is 1.29 bits per heavy atom. The van der Waals surface area contributed by atoms with Gasteiger partial charge in [0.15, 0.2) is 0 Å². The maximum Gasteiger partial charge on any atom is 0.146 e. The summed E-state index contributed by atoms with van der Waals surface area (Å²) in [5, 5.41) is 10.4. The van der Waals surface area contributed by atoms with Crippen molar-refractivity contribution < 1.29 is 4.39 Å². The minimum atomic E-state index is -0.134. The molecule has 130 valence electrons. The van der Waals surface area contributed by atoms with Crippen LogP contribution in [0.3, 0.4) is 0 Å². The summed E-state index contributed by atoms with van der Waals surface area (Å²) < 4.78 is 14.6. The number of H-pyrrole nitrogens is 1. The largest absolute Gasteiger partial charge is 0.367 e. The van der Waals surface area contributed by atoms with E-state index in [1.165, 1.54) is 0 Å². The molecule has 2 aromatic rings. The Kier molecular flexibility index (Phi) is 5.16. The third-order valence-corrected chi connectivity index (χ3v) is 4.85. The summed E-state index contributed by atoms with van der Waals surface area (Å²) >= 11 is 0. The summed E-state index contributed by atoms with van der Waals surface area (Å²) in [5.41, 5.74) is 3.87. The van der Waals surface area contributed by atoms with Gasteiger partial charge in [0.2, 0.25) is 0 Å². The molecule has 0 spiro atoms. The summed E-state index contributed by atoms with van der Waals surface area (Å²) in [5.74, 6) is -0.134. The maximum absolute atomic E-state index is 14.6. The highest BCUT2D eigenvalue weighted by Crippen LogP contribution is 2.24. The average molecular weight is 331 g/mol. The molecule has 5 nitrogen and oxygen atoms in total. The van der Waals surface area contributed by atoms with Crippen molar-refractivity contribution in [3.8, 4) is 0 Å². The number of likely N-dealkylation sites (N-methyl/N-ethyl adjacent to an activating group) is 1. The van der Waals surface area contributed by atoms with Gasteiger partial charge in [-0.15, -0.1) is 0 Å². The minimum Gasteiger partial charge on any atom is -0.367 e. The van der Waals surface area contributed by atoms with Crippen LogP contribution in [-0.4, -0.2) is 48.3 Å². The number of nitrogens with zero attached hydrogens (tertiary/aromatic N) is 3. The van der Waals surface area contributed by atoms with E-state index >= 15 is 0 Å². The first-order valence-electron chi connectivity index (χ1n) is 8.50. The van der Waals surface area contributed by atoms with E-state index in [4.69, 9.17) is 0 Å². The van der Waals surface area contributed by atoms with E-state index in [9.17, 15) is 4.39 Å². The van der Waals surface area contributed by atoms with Gasteiger partial charge >= 0.3 is 0 Å². The molecular weight excluding hydrogens is 305 g/mol. The Labute approximate surface area is 142 Å². The normalized spacial score (nSPS) is 17.2. The number of hydrogen-bond acceptors (Lipinski definition) is 4. The van der Waals surface area contributed by atoms with Crippen LogP contribution in [0.1, 0.15) is 29.8 Å². The molecule has 1 aliphatic heterocycles. The van der Waals surface area contributed by atoms with Crippen molar-refractivity contribution in [1.29, 1.82) is 0 Å². The smallest absolute Gasteiger partial charge is 0.146 e. The lowest BCUT2D eigenvalue weighted by molar-refractivity contribution is 0.311. The van der Waals surface area contributed by atoms with Crippen LogP contribution in [0.15, 0.2) is 24.4 Å². The van der Waals surface area contributed by atoms with Crippen LogP contribution < -0.4 is 10.2 Å². The molecule has 1 atom stereocenters. The second kappa shape index (κ2) is 7.32. The standard InChI is InChI=1S/C18H26FN5/c1-13(20-11-16-12-21-22-14(16)2)15-4-5-18(17(19)10-15)24-8-6-23(3)7-9-24/h4-5,10,12-13,20H,6-9,11H2,1-3H3,(H,21,22)/t13-/m0/s1. The van der Waals surface area contributed by atoms with E-state index < -0.39 is 0 Å². The van der Waals surface area contributed by atoms with E-state index in [2.05, 4.69) is 39.3 Å². The molecule has 0 unspecified atom stereocenters. The molecule has 3 rings (SSSR count). The van der Waals surface area contributed by atoms with E-state index in [1.807, 2.05) is 25.3 Å². The van der Waals surface area contributed by atoms with Crippen LogP contribution in [0.5, 0.6) is 0 Å². The lowest BCUT2D eigenvalue weighted by Gasteiger charge is -2.34. The second-order valence-corrected chi connectivity index (χ2v) is 6.62. The number of anilines is 1. The molecule has 0 radical (unpaired) electrons. The van der Waals surface area contributed by atoms with Crippen molar-refractivity contribution in [1.82, 2.24) is 20.4 Å². The van der Waals surface area contributed by atoms with Gasteiger partial charge < -0.3 is 15.1 Å². The molecule has 1 saturated heterocycles. The minimum absolute atomic E-state index is 0.0790. The zero-order valence-electron chi connectivity index (χ0n) is 14.6. The van der Waals surface area contributed by atoms with Gasteiger partial charge in [-0.2, -0.15) is 5.10 Å². The molecule has 24 heavy (non-hydrogen) atoms. The number of aryl methyl sites for hydroxylation is 1. The average Bonchev–Trinajstić information content (AvgIpc) is 2.98. The van der Waals surface area contributed by atoms with Crippen molar-refractivity contribution in [3.05, 3.63) is 47.0 Å². The Morgan fingerprint density at radius 3 is 2.67 bits per heavy atom. The van der Waals surface area contributed by atoms with Gasteiger partial charge in [-0.25, -0.2) is 4.39 Å². The second-order valence-electron chi connectivity index (χ2n) is 6.62. The van der Waals surface area contributed by atoms with Crippen molar-refractivity contribution >= 4 is 5.69 Å². The van der Waals surface area contributed by atoms with E-state index in [1.54, 1.807) is 6.07 Å². The number of nitrogens with one attached hydrogen (secondary N) is 2. The van der Waals surface area contributed by atoms with Gasteiger partial charge in [0.25, 0.3) is 0 Å². The summed E-state index contributed by atoms with van der Waals surface area (Å²) in [7, 11) is 2.10. The number of piperazine rings is 1. The third kappa shape index (κ3) is 3.76. The molecule has 0 saturated carbocycles. The Balaban J connectivity index is 1.64. The number of aromatic nitrogens is 2. The molecule has 0 bridgehead atoms. The first-order valence-corrected chi connectivity index (χ1v) is 8.50. The highest BCUT2D eigenvalue weighted by molar-refractivity contribution is 5.50. The van der Waals surface area contributed by atoms with Crippen molar-refractivity contribution in [2.75, 3.05) is 38.1 Å². The van der Waals surface area contributed by atoms with Crippen LogP contribution in [0, 0.1) is 12.7 Å². The fourth-order valence-electron chi connectivity index (χ4n) is 3.03. The number of benzene rings is 1. The van der Waals surface area contributed by atoms with Crippen molar-refractivity contribution in [2.45, 2.75) is 26.4 Å². The predicted octanol–water partition coefficient (Wildman–Crippen LogP) is 2.46. The first kappa shape index (κ1) is 16.9. The molecule has 0 amide bonds. The molecule has 6 heteroatoms. The van der Waals surface area contributed by atoms with Crippen LogP contribution >= 0.6 is 0 Å². The molecule has 1 aromatic heterocycles.